The van der Waals surface area contributed by atoms with Gasteiger partial charge in [0, 0.05) is 31.6 Å². The van der Waals surface area contributed by atoms with Crippen molar-refractivity contribution >= 4 is 22.7 Å². The Hall–Kier alpha value is -0.930. The highest BCUT2D eigenvalue weighted by Crippen LogP contribution is 2.41. The van der Waals surface area contributed by atoms with E-state index in [0.717, 1.165) is 19.3 Å². The molecule has 0 spiro atoms. The summed E-state index contributed by atoms with van der Waals surface area (Å²) in [4.78, 5) is 6.69. The average molecular weight is 318 g/mol. The Morgan fingerprint density at radius 1 is 1.32 bits per heavy atom. The number of likely N-dealkylation sites (N-methyl/N-ethyl adjacent to an activating group) is 1. The number of likely N-dealkylation sites (tertiary alicyclic amines) is 1. The van der Waals surface area contributed by atoms with Crippen molar-refractivity contribution in [2.24, 2.45) is 0 Å². The van der Waals surface area contributed by atoms with Crippen LogP contribution in [0, 0.1) is 0 Å². The molecule has 2 fully saturated rings. The number of aromatic nitrogens is 1. The third-order valence-electron chi connectivity index (χ3n) is 5.48. The Morgan fingerprint density at radius 2 is 2.23 bits per heavy atom. The van der Waals surface area contributed by atoms with Crippen LogP contribution in [-0.2, 0) is 6.42 Å². The van der Waals surface area contributed by atoms with Crippen LogP contribution >= 0.6 is 11.8 Å². The number of benzene rings is 1. The normalized spacial score (nSPS) is 25.9. The molecule has 2 aromatic rings. The van der Waals surface area contributed by atoms with Gasteiger partial charge in [-0.25, -0.2) is 0 Å². The number of H-pyrrole nitrogens is 1. The molecule has 1 aliphatic heterocycles. The third kappa shape index (κ3) is 2.48. The van der Waals surface area contributed by atoms with Gasteiger partial charge in [-0.05, 0) is 81.6 Å². The molecule has 0 bridgehead atoms. The number of rotatable bonds is 4. The average Bonchev–Trinajstić information content (AvgIpc) is 3.11. The van der Waals surface area contributed by atoms with Crippen LogP contribution in [0.15, 0.2) is 23.1 Å². The van der Waals surface area contributed by atoms with Gasteiger partial charge < -0.3 is 9.88 Å². The SMILES string of the molecule is [2H]C([2H])([2H])N1CCC[C@@H]1Cc1c(C2CCC2)[nH]c2ccc(SC)cc12. The Kier molecular flexibility index (Phi) is 3.12. The predicted molar refractivity (Wildman–Crippen MR) is 96.0 cm³/mol. The Bertz CT molecular complexity index is 764. The first kappa shape index (κ1) is 11.6. The standard InChI is InChI=1S/C19H26N2S/c1-21-10-4-7-14(21)11-17-16-12-15(22-2)8-9-18(16)20-19(17)13-5-3-6-13/h8-9,12-14,20H,3-7,10-11H2,1-2H3/t14-/m1/s1/i1D3. The molecule has 1 aromatic heterocycles. The summed E-state index contributed by atoms with van der Waals surface area (Å²) in [6, 6.07) is 6.76. The summed E-state index contributed by atoms with van der Waals surface area (Å²) in [6.07, 6.45) is 8.74. The summed E-state index contributed by atoms with van der Waals surface area (Å²) in [5.41, 5.74) is 3.95. The van der Waals surface area contributed by atoms with Gasteiger partial charge in [0.25, 0.3) is 0 Å². The third-order valence-corrected chi connectivity index (χ3v) is 6.20. The van der Waals surface area contributed by atoms with Gasteiger partial charge in [-0.1, -0.05) is 6.42 Å². The number of fused-ring (bicyclic) bond motifs is 1. The van der Waals surface area contributed by atoms with Gasteiger partial charge in [0.1, 0.15) is 0 Å². The zero-order chi connectivity index (χ0) is 17.6. The monoisotopic (exact) mass is 317 g/mol. The molecule has 1 saturated carbocycles. The number of aromatic amines is 1. The van der Waals surface area contributed by atoms with Crippen LogP contribution in [0.3, 0.4) is 0 Å². The zero-order valence-electron chi connectivity index (χ0n) is 16.2. The second kappa shape index (κ2) is 5.93. The predicted octanol–water partition coefficient (Wildman–Crippen LogP) is 4.79. The van der Waals surface area contributed by atoms with Gasteiger partial charge in [0.05, 0.1) is 0 Å². The maximum Gasteiger partial charge on any atom is 0.0459 e. The van der Waals surface area contributed by atoms with Crippen molar-refractivity contribution in [3.05, 3.63) is 29.5 Å². The summed E-state index contributed by atoms with van der Waals surface area (Å²) >= 11 is 1.76. The van der Waals surface area contributed by atoms with E-state index in [0.29, 0.717) is 12.5 Å². The van der Waals surface area contributed by atoms with Gasteiger partial charge in [-0.2, -0.15) is 0 Å². The van der Waals surface area contributed by atoms with E-state index >= 15 is 0 Å². The molecular formula is C19H26N2S. The van der Waals surface area contributed by atoms with E-state index in [2.05, 4.69) is 29.4 Å². The topological polar surface area (TPSA) is 19.0 Å². The second-order valence-corrected chi connectivity index (χ2v) is 7.63. The van der Waals surface area contributed by atoms with Crippen LogP contribution < -0.4 is 0 Å². The lowest BCUT2D eigenvalue weighted by atomic mass is 9.80. The van der Waals surface area contributed by atoms with E-state index in [1.807, 2.05) is 0 Å². The number of nitrogens with zero attached hydrogens (tertiary/aromatic N) is 1. The van der Waals surface area contributed by atoms with Crippen LogP contribution in [0.5, 0.6) is 0 Å². The number of hydrogen-bond donors (Lipinski definition) is 1. The minimum Gasteiger partial charge on any atom is -0.358 e. The first-order valence-electron chi connectivity index (χ1n) is 9.92. The van der Waals surface area contributed by atoms with Crippen molar-refractivity contribution in [3.8, 4) is 0 Å². The molecule has 1 N–H and O–H groups in total. The Balaban J connectivity index is 1.73. The smallest absolute Gasteiger partial charge is 0.0459 e. The lowest BCUT2D eigenvalue weighted by Crippen LogP contribution is -2.27. The van der Waals surface area contributed by atoms with Crippen molar-refractivity contribution < 1.29 is 4.11 Å². The summed E-state index contributed by atoms with van der Waals surface area (Å²) in [5, 5.41) is 1.30. The van der Waals surface area contributed by atoms with Gasteiger partial charge >= 0.3 is 0 Å². The zero-order valence-corrected chi connectivity index (χ0v) is 14.0. The highest BCUT2D eigenvalue weighted by molar-refractivity contribution is 7.98. The molecule has 4 rings (SSSR count). The highest BCUT2D eigenvalue weighted by atomic mass is 32.2. The number of nitrogens with one attached hydrogen (secondary N) is 1. The van der Waals surface area contributed by atoms with E-state index in [-0.39, 0.29) is 6.04 Å². The largest absolute Gasteiger partial charge is 0.358 e. The van der Waals surface area contributed by atoms with Crippen molar-refractivity contribution in [1.82, 2.24) is 9.88 Å². The lowest BCUT2D eigenvalue weighted by Gasteiger charge is -2.27. The fraction of sp³-hybridized carbons (Fsp3) is 0.579. The maximum absolute atomic E-state index is 7.85. The van der Waals surface area contributed by atoms with Crippen molar-refractivity contribution in [2.45, 2.75) is 55.4 Å². The Morgan fingerprint density at radius 3 is 2.95 bits per heavy atom. The van der Waals surface area contributed by atoms with Crippen LogP contribution in [0.25, 0.3) is 10.9 Å². The molecule has 1 aromatic carbocycles. The minimum absolute atomic E-state index is 0.128. The fourth-order valence-corrected chi connectivity index (χ4v) is 4.36. The first-order valence-corrected chi connectivity index (χ1v) is 9.65. The summed E-state index contributed by atoms with van der Waals surface area (Å²) in [6.45, 7) is -1.29. The van der Waals surface area contributed by atoms with Crippen LogP contribution in [0.2, 0.25) is 0 Å². The second-order valence-electron chi connectivity index (χ2n) is 6.75. The van der Waals surface area contributed by atoms with Gasteiger partial charge in [0.15, 0.2) is 0 Å². The molecule has 1 saturated heterocycles. The highest BCUT2D eigenvalue weighted by Gasteiger charge is 2.28. The van der Waals surface area contributed by atoms with Crippen molar-refractivity contribution in [1.29, 1.82) is 0 Å². The summed E-state index contributed by atoms with van der Waals surface area (Å²) in [5.74, 6) is 0.628. The van der Waals surface area contributed by atoms with Crippen LogP contribution in [-0.4, -0.2) is 35.7 Å². The molecule has 118 valence electrons. The summed E-state index contributed by atoms with van der Waals surface area (Å²) in [7, 11) is 0. The molecule has 3 heteroatoms. The number of thioether (sulfide) groups is 1. The molecule has 0 unspecified atom stereocenters. The van der Waals surface area contributed by atoms with E-state index in [9.17, 15) is 0 Å². The molecule has 2 heterocycles. The van der Waals surface area contributed by atoms with Crippen molar-refractivity contribution in [2.75, 3.05) is 19.8 Å². The van der Waals surface area contributed by atoms with Crippen LogP contribution in [0.4, 0.5) is 0 Å². The van der Waals surface area contributed by atoms with E-state index in [1.54, 1.807) is 16.7 Å². The molecule has 1 atom stereocenters. The summed E-state index contributed by atoms with van der Waals surface area (Å²) < 4.78 is 23.5. The maximum atomic E-state index is 7.85. The first-order chi connectivity index (χ1) is 12.0. The minimum atomic E-state index is -1.98. The molecular weight excluding hydrogens is 288 g/mol. The number of hydrogen-bond acceptors (Lipinski definition) is 2. The molecule has 2 aliphatic rings. The Labute approximate surface area is 141 Å². The molecule has 22 heavy (non-hydrogen) atoms. The van der Waals surface area contributed by atoms with Gasteiger partial charge in [0.2, 0.25) is 0 Å². The molecule has 2 nitrogen and oxygen atoms in total. The lowest BCUT2D eigenvalue weighted by molar-refractivity contribution is 0.308. The van der Waals surface area contributed by atoms with Gasteiger partial charge in [-0.15, -0.1) is 11.8 Å². The van der Waals surface area contributed by atoms with Crippen LogP contribution in [0.1, 0.15) is 53.4 Å². The van der Waals surface area contributed by atoms with Gasteiger partial charge in [-0.3, -0.25) is 0 Å². The fourth-order valence-electron chi connectivity index (χ4n) is 3.92. The van der Waals surface area contributed by atoms with E-state index in [4.69, 9.17) is 4.11 Å². The quantitative estimate of drug-likeness (QED) is 0.817. The molecule has 0 radical (unpaired) electrons. The van der Waals surface area contributed by atoms with Crippen molar-refractivity contribution in [3.63, 3.8) is 0 Å². The van der Waals surface area contributed by atoms with E-state index < -0.39 is 6.98 Å². The molecule has 1 aliphatic carbocycles. The molecule has 0 amide bonds. The van der Waals surface area contributed by atoms with E-state index in [1.165, 1.54) is 46.3 Å².